The molecule has 0 bridgehead atoms. The molecule has 0 spiro atoms. The van der Waals surface area contributed by atoms with Crippen molar-refractivity contribution in [2.24, 2.45) is 0 Å². The van der Waals surface area contributed by atoms with Gasteiger partial charge in [0, 0.05) is 0 Å². The largest absolute Gasteiger partial charge is 0.425 e. The molecular formula is C10H11NO4. The number of rotatable bonds is 5. The zero-order valence-electron chi connectivity index (χ0n) is 7.92. The number of ether oxygens (including phenoxy) is 1. The van der Waals surface area contributed by atoms with Crippen LogP contribution in [0, 0.1) is 0 Å². The molecule has 2 N–H and O–H groups in total. The highest BCUT2D eigenvalue weighted by Crippen LogP contribution is 2.08. The van der Waals surface area contributed by atoms with Gasteiger partial charge in [-0.3, -0.25) is 4.79 Å². The van der Waals surface area contributed by atoms with Gasteiger partial charge in [-0.1, -0.05) is 18.2 Å². The van der Waals surface area contributed by atoms with Gasteiger partial charge in [0.2, 0.25) is 6.41 Å². The molecule has 1 aromatic rings. The number of aliphatic hydroxyl groups is 1. The fourth-order valence-corrected chi connectivity index (χ4v) is 0.953. The summed E-state index contributed by atoms with van der Waals surface area (Å²) in [5.41, 5.74) is 0. The van der Waals surface area contributed by atoms with E-state index in [1.807, 2.05) is 0 Å². The molecule has 0 radical (unpaired) electrons. The Hall–Kier alpha value is -1.88. The van der Waals surface area contributed by atoms with E-state index in [1.54, 1.807) is 30.3 Å². The molecule has 80 valence electrons. The molecule has 1 amide bonds. The van der Waals surface area contributed by atoms with Crippen molar-refractivity contribution in [3.8, 4) is 5.75 Å². The monoisotopic (exact) mass is 209 g/mol. The summed E-state index contributed by atoms with van der Waals surface area (Å²) in [7, 11) is 0. The van der Waals surface area contributed by atoms with Crippen LogP contribution >= 0.6 is 0 Å². The molecule has 0 saturated carbocycles. The Balaban J connectivity index is 2.58. The van der Waals surface area contributed by atoms with Crippen LogP contribution in [-0.2, 0) is 9.59 Å². The third-order valence-corrected chi connectivity index (χ3v) is 1.70. The van der Waals surface area contributed by atoms with Crippen molar-refractivity contribution in [2.75, 3.05) is 6.61 Å². The molecule has 0 aromatic heterocycles. The molecule has 5 nitrogen and oxygen atoms in total. The first-order valence-corrected chi connectivity index (χ1v) is 4.35. The average molecular weight is 209 g/mol. The van der Waals surface area contributed by atoms with E-state index in [-0.39, 0.29) is 0 Å². The van der Waals surface area contributed by atoms with Crippen LogP contribution in [0.25, 0.3) is 0 Å². The second-order valence-electron chi connectivity index (χ2n) is 2.75. The van der Waals surface area contributed by atoms with Crippen LogP contribution < -0.4 is 10.1 Å². The summed E-state index contributed by atoms with van der Waals surface area (Å²) in [5.74, 6) is -0.329. The molecule has 0 saturated heterocycles. The van der Waals surface area contributed by atoms with E-state index in [2.05, 4.69) is 5.32 Å². The van der Waals surface area contributed by atoms with Crippen LogP contribution in [0.1, 0.15) is 0 Å². The molecule has 0 aliphatic carbocycles. The van der Waals surface area contributed by atoms with Crippen LogP contribution in [0.15, 0.2) is 30.3 Å². The molecule has 15 heavy (non-hydrogen) atoms. The van der Waals surface area contributed by atoms with E-state index in [4.69, 9.17) is 9.84 Å². The standard InChI is InChI=1S/C10H11NO4/c12-6-9(11-7-13)10(14)15-8-4-2-1-3-5-8/h1-5,7,9,12H,6H2,(H,11,13)/t9-/m0/s1. The lowest BCUT2D eigenvalue weighted by Crippen LogP contribution is -2.41. The number of hydrogen-bond donors (Lipinski definition) is 2. The molecule has 1 atom stereocenters. The highest BCUT2D eigenvalue weighted by Gasteiger charge is 2.18. The summed E-state index contributed by atoms with van der Waals surface area (Å²) in [4.78, 5) is 21.4. The molecule has 0 aliphatic rings. The number of hydrogen-bond acceptors (Lipinski definition) is 4. The van der Waals surface area contributed by atoms with Gasteiger partial charge in [0.25, 0.3) is 0 Å². The van der Waals surface area contributed by atoms with Crippen molar-refractivity contribution in [1.82, 2.24) is 5.32 Å². The summed E-state index contributed by atoms with van der Waals surface area (Å²) >= 11 is 0. The van der Waals surface area contributed by atoms with Crippen molar-refractivity contribution >= 4 is 12.4 Å². The van der Waals surface area contributed by atoms with Gasteiger partial charge in [0.1, 0.15) is 5.75 Å². The van der Waals surface area contributed by atoms with Crippen molar-refractivity contribution in [2.45, 2.75) is 6.04 Å². The Kier molecular flexibility index (Phi) is 4.30. The van der Waals surface area contributed by atoms with Gasteiger partial charge in [-0.15, -0.1) is 0 Å². The maximum atomic E-state index is 11.3. The number of aliphatic hydroxyl groups excluding tert-OH is 1. The third-order valence-electron chi connectivity index (χ3n) is 1.70. The van der Waals surface area contributed by atoms with Gasteiger partial charge < -0.3 is 15.2 Å². The van der Waals surface area contributed by atoms with Crippen molar-refractivity contribution in [3.63, 3.8) is 0 Å². The average Bonchev–Trinajstić information content (AvgIpc) is 2.27. The molecule has 1 aromatic carbocycles. The fourth-order valence-electron chi connectivity index (χ4n) is 0.953. The molecule has 0 fully saturated rings. The van der Waals surface area contributed by atoms with Gasteiger partial charge >= 0.3 is 5.97 Å². The second kappa shape index (κ2) is 5.77. The van der Waals surface area contributed by atoms with Gasteiger partial charge in [0.15, 0.2) is 6.04 Å². The van der Waals surface area contributed by atoms with Gasteiger partial charge in [-0.2, -0.15) is 0 Å². The Bertz CT molecular complexity index is 325. The number of carbonyl (C=O) groups is 2. The maximum Gasteiger partial charge on any atom is 0.336 e. The Morgan fingerprint density at radius 1 is 1.47 bits per heavy atom. The lowest BCUT2D eigenvalue weighted by Gasteiger charge is -2.11. The number of amides is 1. The van der Waals surface area contributed by atoms with Crippen molar-refractivity contribution in [1.29, 1.82) is 0 Å². The molecule has 0 heterocycles. The van der Waals surface area contributed by atoms with Crippen LogP contribution in [0.3, 0.4) is 0 Å². The molecule has 5 heteroatoms. The minimum atomic E-state index is -1.03. The van der Waals surface area contributed by atoms with E-state index < -0.39 is 18.6 Å². The van der Waals surface area contributed by atoms with Crippen molar-refractivity contribution < 1.29 is 19.4 Å². The normalized spacial score (nSPS) is 11.5. The van der Waals surface area contributed by atoms with Crippen LogP contribution in [0.2, 0.25) is 0 Å². The summed E-state index contributed by atoms with van der Waals surface area (Å²) < 4.78 is 4.90. The number of nitrogens with one attached hydrogen (secondary N) is 1. The predicted octanol–water partition coefficient (Wildman–Crippen LogP) is -0.301. The van der Waals surface area contributed by atoms with E-state index in [9.17, 15) is 9.59 Å². The van der Waals surface area contributed by atoms with E-state index >= 15 is 0 Å². The van der Waals surface area contributed by atoms with Crippen LogP contribution in [-0.4, -0.2) is 30.1 Å². The summed E-state index contributed by atoms with van der Waals surface area (Å²) in [6, 6.07) is 7.39. The summed E-state index contributed by atoms with van der Waals surface area (Å²) in [6.07, 6.45) is 0.340. The lowest BCUT2D eigenvalue weighted by atomic mass is 10.3. The smallest absolute Gasteiger partial charge is 0.336 e. The van der Waals surface area contributed by atoms with Gasteiger partial charge in [-0.05, 0) is 12.1 Å². The first-order valence-electron chi connectivity index (χ1n) is 4.35. The summed E-state index contributed by atoms with van der Waals surface area (Å²) in [5, 5.41) is 10.9. The lowest BCUT2D eigenvalue weighted by molar-refractivity contribution is -0.139. The van der Waals surface area contributed by atoms with Gasteiger partial charge in [0.05, 0.1) is 6.61 Å². The minimum absolute atomic E-state index is 0.340. The minimum Gasteiger partial charge on any atom is -0.425 e. The molecule has 1 rings (SSSR count). The number of esters is 1. The van der Waals surface area contributed by atoms with Crippen LogP contribution in [0.4, 0.5) is 0 Å². The van der Waals surface area contributed by atoms with E-state index in [0.717, 1.165) is 0 Å². The highest BCUT2D eigenvalue weighted by molar-refractivity contribution is 5.80. The Morgan fingerprint density at radius 2 is 2.13 bits per heavy atom. The fraction of sp³-hybridized carbons (Fsp3) is 0.200. The van der Waals surface area contributed by atoms with Gasteiger partial charge in [-0.25, -0.2) is 4.79 Å². The van der Waals surface area contributed by atoms with E-state index in [1.165, 1.54) is 0 Å². The highest BCUT2D eigenvalue weighted by atomic mass is 16.5. The number of benzene rings is 1. The Labute approximate surface area is 86.7 Å². The predicted molar refractivity (Wildman–Crippen MR) is 52.2 cm³/mol. The zero-order valence-corrected chi connectivity index (χ0v) is 7.92. The van der Waals surface area contributed by atoms with Crippen LogP contribution in [0.5, 0.6) is 5.75 Å². The molecule has 0 aliphatic heterocycles. The molecular weight excluding hydrogens is 198 g/mol. The summed E-state index contributed by atoms with van der Waals surface area (Å²) in [6.45, 7) is -0.496. The Morgan fingerprint density at radius 3 is 2.67 bits per heavy atom. The first-order chi connectivity index (χ1) is 7.27. The number of carbonyl (C=O) groups excluding carboxylic acids is 2. The quantitative estimate of drug-likeness (QED) is 0.396. The topological polar surface area (TPSA) is 75.6 Å². The second-order valence-corrected chi connectivity index (χ2v) is 2.75. The van der Waals surface area contributed by atoms with E-state index in [0.29, 0.717) is 12.2 Å². The molecule has 0 unspecified atom stereocenters. The maximum absolute atomic E-state index is 11.3. The SMILES string of the molecule is O=CN[C@@H](CO)C(=O)Oc1ccccc1. The first kappa shape index (κ1) is 11.2. The van der Waals surface area contributed by atoms with Crippen molar-refractivity contribution in [3.05, 3.63) is 30.3 Å². The number of para-hydroxylation sites is 1. The zero-order chi connectivity index (χ0) is 11.1. The third kappa shape index (κ3) is 3.40.